The third-order valence-corrected chi connectivity index (χ3v) is 4.44. The summed E-state index contributed by atoms with van der Waals surface area (Å²) in [5.41, 5.74) is 1.97. The number of benzene rings is 2. The van der Waals surface area contributed by atoms with Crippen molar-refractivity contribution in [2.24, 2.45) is 0 Å². The summed E-state index contributed by atoms with van der Waals surface area (Å²) in [4.78, 5) is 16.6. The largest absolute Gasteiger partial charge is 0.484 e. The molecule has 0 aliphatic rings. The van der Waals surface area contributed by atoms with Crippen molar-refractivity contribution in [2.45, 2.75) is 12.8 Å². The van der Waals surface area contributed by atoms with Crippen molar-refractivity contribution >= 4 is 32.6 Å². The van der Waals surface area contributed by atoms with E-state index >= 15 is 0 Å². The number of aromatic nitrogens is 1. The Balaban J connectivity index is 1.70. The van der Waals surface area contributed by atoms with E-state index in [1.54, 1.807) is 37.4 Å². The molecule has 0 bridgehead atoms. The number of alkyl halides is 3. The molecule has 0 atom stereocenters. The van der Waals surface area contributed by atoms with Crippen LogP contribution in [0.3, 0.4) is 0 Å². The summed E-state index contributed by atoms with van der Waals surface area (Å²) in [5, 5.41) is 3.04. The van der Waals surface area contributed by atoms with E-state index in [9.17, 15) is 18.0 Å². The number of nitrogens with zero attached hydrogens (tertiary/aromatic N) is 1. The van der Waals surface area contributed by atoms with E-state index in [1.165, 1.54) is 12.1 Å². The van der Waals surface area contributed by atoms with Gasteiger partial charge in [0.1, 0.15) is 5.75 Å². The molecule has 5 nitrogen and oxygen atoms in total. The molecular formula is C18H15F3N2O3S. The Labute approximate surface area is 156 Å². The number of rotatable bonds is 6. The van der Waals surface area contributed by atoms with Crippen molar-refractivity contribution in [2.75, 3.05) is 19.0 Å². The lowest BCUT2D eigenvalue weighted by Gasteiger charge is -2.08. The number of anilines is 1. The fraction of sp³-hybridized carbons (Fsp3) is 0.222. The van der Waals surface area contributed by atoms with E-state index in [-0.39, 0.29) is 11.7 Å². The van der Waals surface area contributed by atoms with Crippen molar-refractivity contribution in [1.29, 1.82) is 0 Å². The predicted octanol–water partition coefficient (Wildman–Crippen LogP) is 4.64. The normalized spacial score (nSPS) is 11.6. The molecule has 27 heavy (non-hydrogen) atoms. The zero-order valence-electron chi connectivity index (χ0n) is 14.2. The lowest BCUT2D eigenvalue weighted by Crippen LogP contribution is -2.19. The smallest absolute Gasteiger partial charge is 0.422 e. The van der Waals surface area contributed by atoms with Gasteiger partial charge in [-0.3, -0.25) is 10.1 Å². The fourth-order valence-electron chi connectivity index (χ4n) is 2.30. The van der Waals surface area contributed by atoms with E-state index < -0.39 is 12.8 Å². The molecule has 3 aromatic rings. The van der Waals surface area contributed by atoms with Crippen LogP contribution >= 0.6 is 11.3 Å². The number of hydrogen-bond donors (Lipinski definition) is 1. The van der Waals surface area contributed by atoms with Gasteiger partial charge in [0.05, 0.1) is 16.8 Å². The van der Waals surface area contributed by atoms with Crippen molar-refractivity contribution in [3.63, 3.8) is 0 Å². The number of methoxy groups -OCH3 is 1. The lowest BCUT2D eigenvalue weighted by atomic mass is 10.1. The Morgan fingerprint density at radius 3 is 2.59 bits per heavy atom. The molecule has 9 heteroatoms. The molecular weight excluding hydrogens is 381 g/mol. The first-order valence-electron chi connectivity index (χ1n) is 7.83. The van der Waals surface area contributed by atoms with Crippen molar-refractivity contribution in [3.05, 3.63) is 53.6 Å². The second-order valence-corrected chi connectivity index (χ2v) is 6.67. The molecule has 0 saturated heterocycles. The van der Waals surface area contributed by atoms with E-state index in [0.29, 0.717) is 27.5 Å². The minimum Gasteiger partial charge on any atom is -0.484 e. The van der Waals surface area contributed by atoms with Crippen molar-refractivity contribution < 1.29 is 27.4 Å². The number of carbonyl (C=O) groups is 1. The van der Waals surface area contributed by atoms with Gasteiger partial charge in [-0.05, 0) is 35.9 Å². The highest BCUT2D eigenvalue weighted by Gasteiger charge is 2.28. The quantitative estimate of drug-likeness (QED) is 0.660. The Bertz CT molecular complexity index is 939. The second-order valence-electron chi connectivity index (χ2n) is 5.64. The maximum Gasteiger partial charge on any atom is 0.422 e. The fourth-order valence-corrected chi connectivity index (χ4v) is 3.19. The first-order chi connectivity index (χ1) is 12.8. The summed E-state index contributed by atoms with van der Waals surface area (Å²) in [6, 6.07) is 11.4. The van der Waals surface area contributed by atoms with Gasteiger partial charge in [0.2, 0.25) is 0 Å². The third kappa shape index (κ3) is 5.18. The molecule has 1 heterocycles. The van der Waals surface area contributed by atoms with Gasteiger partial charge in [0.25, 0.3) is 5.91 Å². The van der Waals surface area contributed by atoms with E-state index in [1.807, 2.05) is 0 Å². The number of nitrogens with one attached hydrogen (secondary N) is 1. The molecule has 1 aromatic heterocycles. The summed E-state index contributed by atoms with van der Waals surface area (Å²) in [6.45, 7) is -0.904. The maximum atomic E-state index is 12.3. The number of halogens is 3. The Morgan fingerprint density at radius 2 is 1.93 bits per heavy atom. The number of carbonyl (C=O) groups excluding carboxylic acids is 1. The molecule has 142 valence electrons. The van der Waals surface area contributed by atoms with Crippen LogP contribution in [0.25, 0.3) is 10.2 Å². The maximum absolute atomic E-state index is 12.3. The average Bonchev–Trinajstić information content (AvgIpc) is 3.01. The van der Waals surface area contributed by atoms with Crippen LogP contribution in [0.2, 0.25) is 0 Å². The van der Waals surface area contributed by atoms with Gasteiger partial charge in [0, 0.05) is 12.7 Å². The number of amides is 1. The third-order valence-electron chi connectivity index (χ3n) is 3.51. The highest BCUT2D eigenvalue weighted by Crippen LogP contribution is 2.30. The topological polar surface area (TPSA) is 60.5 Å². The van der Waals surface area contributed by atoms with E-state index in [2.05, 4.69) is 10.3 Å². The van der Waals surface area contributed by atoms with Crippen LogP contribution in [-0.4, -0.2) is 30.8 Å². The highest BCUT2D eigenvalue weighted by molar-refractivity contribution is 7.22. The molecule has 0 aliphatic heterocycles. The summed E-state index contributed by atoms with van der Waals surface area (Å²) >= 11 is 1.15. The molecule has 0 aliphatic carbocycles. The Morgan fingerprint density at radius 1 is 1.19 bits per heavy atom. The van der Waals surface area contributed by atoms with Crippen LogP contribution in [-0.2, 0) is 11.3 Å². The van der Waals surface area contributed by atoms with Gasteiger partial charge < -0.3 is 9.47 Å². The summed E-state index contributed by atoms with van der Waals surface area (Å²) in [5.74, 6) is -0.235. The molecule has 1 amide bonds. The van der Waals surface area contributed by atoms with Gasteiger partial charge in [0.15, 0.2) is 11.7 Å². The zero-order chi connectivity index (χ0) is 19.4. The molecule has 0 spiro atoms. The van der Waals surface area contributed by atoms with Crippen LogP contribution in [0.5, 0.6) is 5.75 Å². The van der Waals surface area contributed by atoms with E-state index in [4.69, 9.17) is 9.47 Å². The molecule has 0 radical (unpaired) electrons. The van der Waals surface area contributed by atoms with Gasteiger partial charge in [-0.1, -0.05) is 23.5 Å². The van der Waals surface area contributed by atoms with Crippen LogP contribution in [0.4, 0.5) is 18.3 Å². The molecule has 3 rings (SSSR count). The average molecular weight is 396 g/mol. The van der Waals surface area contributed by atoms with Crippen LogP contribution < -0.4 is 10.1 Å². The standard InChI is InChI=1S/C18H15F3N2O3S/c1-25-9-11-2-4-12(5-3-11)16(24)23-17-22-14-7-6-13(8-15(14)27-17)26-10-18(19,20)21/h2-8H,9-10H2,1H3,(H,22,23,24). The summed E-state index contributed by atoms with van der Waals surface area (Å²) in [6.07, 6.45) is -4.40. The number of ether oxygens (including phenoxy) is 2. The van der Waals surface area contributed by atoms with Crippen LogP contribution in [0, 0.1) is 0 Å². The first-order valence-corrected chi connectivity index (χ1v) is 8.65. The number of thiazole rings is 1. The summed E-state index contributed by atoms with van der Waals surface area (Å²) < 4.78 is 47.1. The van der Waals surface area contributed by atoms with Crippen LogP contribution in [0.1, 0.15) is 15.9 Å². The van der Waals surface area contributed by atoms with E-state index in [0.717, 1.165) is 16.9 Å². The highest BCUT2D eigenvalue weighted by atomic mass is 32.1. The van der Waals surface area contributed by atoms with Crippen LogP contribution in [0.15, 0.2) is 42.5 Å². The Kier molecular flexibility index (Phi) is 5.62. The SMILES string of the molecule is COCc1ccc(C(=O)Nc2nc3ccc(OCC(F)(F)F)cc3s2)cc1. The molecule has 2 aromatic carbocycles. The molecule has 1 N–H and O–H groups in total. The number of hydrogen-bond acceptors (Lipinski definition) is 5. The van der Waals surface area contributed by atoms with Gasteiger partial charge in [-0.15, -0.1) is 0 Å². The predicted molar refractivity (Wildman–Crippen MR) is 96.3 cm³/mol. The molecule has 0 fully saturated rings. The number of fused-ring (bicyclic) bond motifs is 1. The molecule has 0 unspecified atom stereocenters. The minimum absolute atomic E-state index is 0.0927. The molecule has 0 saturated carbocycles. The Hall–Kier alpha value is -2.65. The second kappa shape index (κ2) is 7.93. The van der Waals surface area contributed by atoms with Gasteiger partial charge >= 0.3 is 6.18 Å². The minimum atomic E-state index is -4.40. The monoisotopic (exact) mass is 396 g/mol. The summed E-state index contributed by atoms with van der Waals surface area (Å²) in [7, 11) is 1.59. The van der Waals surface area contributed by atoms with Gasteiger partial charge in [-0.2, -0.15) is 13.2 Å². The van der Waals surface area contributed by atoms with Gasteiger partial charge in [-0.25, -0.2) is 4.98 Å². The lowest BCUT2D eigenvalue weighted by molar-refractivity contribution is -0.153. The van der Waals surface area contributed by atoms with Crippen molar-refractivity contribution in [3.8, 4) is 5.75 Å². The first kappa shape index (κ1) is 19.1. The zero-order valence-corrected chi connectivity index (χ0v) is 15.0. The van der Waals surface area contributed by atoms with Crippen molar-refractivity contribution in [1.82, 2.24) is 4.98 Å².